The minimum absolute atomic E-state index is 0.00487. The average molecular weight is 380 g/mol. The van der Waals surface area contributed by atoms with Crippen LogP contribution in [0.2, 0.25) is 0 Å². The Morgan fingerprint density at radius 2 is 1.88 bits per heavy atom. The molecule has 0 N–H and O–H groups in total. The Morgan fingerprint density at radius 1 is 1.12 bits per heavy atom. The van der Waals surface area contributed by atoms with E-state index in [0.29, 0.717) is 15.1 Å². The average Bonchev–Trinajstić information content (AvgIpc) is 3.25. The van der Waals surface area contributed by atoms with E-state index in [1.807, 2.05) is 55.6 Å². The van der Waals surface area contributed by atoms with Gasteiger partial charge in [0.25, 0.3) is 5.56 Å². The van der Waals surface area contributed by atoms with E-state index in [2.05, 4.69) is 4.98 Å². The van der Waals surface area contributed by atoms with Crippen molar-refractivity contribution in [3.63, 3.8) is 0 Å². The second-order valence-electron chi connectivity index (χ2n) is 6.21. The molecule has 4 aromatic rings. The molecule has 0 spiro atoms. The Morgan fingerprint density at radius 3 is 2.58 bits per heavy atom. The fraction of sp³-hybridized carbons (Fsp3) is 0.150. The van der Waals surface area contributed by atoms with E-state index >= 15 is 0 Å². The molecule has 0 aliphatic heterocycles. The van der Waals surface area contributed by atoms with Gasteiger partial charge >= 0.3 is 0 Å². The van der Waals surface area contributed by atoms with Crippen molar-refractivity contribution >= 4 is 38.7 Å². The van der Waals surface area contributed by atoms with E-state index in [1.54, 1.807) is 0 Å². The molecule has 0 fully saturated rings. The first-order valence-electron chi connectivity index (χ1n) is 8.16. The van der Waals surface area contributed by atoms with Gasteiger partial charge in [0.05, 0.1) is 23.1 Å². The maximum Gasteiger partial charge on any atom is 0.263 e. The number of carbonyl (C=O) groups is 1. The number of aromatic nitrogens is 2. The molecule has 130 valence electrons. The maximum atomic E-state index is 13.0. The molecule has 0 amide bonds. The molecule has 0 unspecified atom stereocenters. The van der Waals surface area contributed by atoms with Crippen molar-refractivity contribution in [3.05, 3.63) is 73.8 Å². The van der Waals surface area contributed by atoms with Crippen molar-refractivity contribution in [2.75, 3.05) is 0 Å². The van der Waals surface area contributed by atoms with Crippen LogP contribution in [-0.2, 0) is 6.54 Å². The van der Waals surface area contributed by atoms with Crippen LogP contribution in [0, 0.1) is 13.8 Å². The zero-order valence-corrected chi connectivity index (χ0v) is 16.0. The summed E-state index contributed by atoms with van der Waals surface area (Å²) >= 11 is 2.89. The molecule has 26 heavy (non-hydrogen) atoms. The number of aryl methyl sites for hydroxylation is 2. The third-order valence-corrected chi connectivity index (χ3v) is 6.18. The molecule has 6 heteroatoms. The van der Waals surface area contributed by atoms with Gasteiger partial charge in [-0.2, -0.15) is 0 Å². The summed E-state index contributed by atoms with van der Waals surface area (Å²) in [6.45, 7) is 3.99. The molecule has 0 radical (unpaired) electrons. The minimum Gasteiger partial charge on any atom is -0.291 e. The van der Waals surface area contributed by atoms with E-state index in [-0.39, 0.29) is 17.9 Å². The predicted octanol–water partition coefficient (Wildman–Crippen LogP) is 4.69. The summed E-state index contributed by atoms with van der Waals surface area (Å²) < 4.78 is 1.41. The molecular weight excluding hydrogens is 364 g/mol. The van der Waals surface area contributed by atoms with Crippen LogP contribution in [0.3, 0.4) is 0 Å². The molecule has 0 atom stereocenters. The highest BCUT2D eigenvalue weighted by atomic mass is 32.1. The van der Waals surface area contributed by atoms with Gasteiger partial charge in [0.1, 0.15) is 4.83 Å². The third-order valence-electron chi connectivity index (χ3n) is 4.25. The summed E-state index contributed by atoms with van der Waals surface area (Å²) in [5.41, 5.74) is 2.85. The number of carbonyl (C=O) groups excluding carboxylic acids is 1. The highest BCUT2D eigenvalue weighted by Crippen LogP contribution is 2.30. The van der Waals surface area contributed by atoms with E-state index in [0.717, 1.165) is 16.0 Å². The quantitative estimate of drug-likeness (QED) is 0.483. The number of benzene rings is 1. The van der Waals surface area contributed by atoms with Crippen molar-refractivity contribution in [1.29, 1.82) is 0 Å². The zero-order valence-electron chi connectivity index (χ0n) is 14.4. The third kappa shape index (κ3) is 3.02. The molecule has 4 rings (SSSR count). The molecule has 4 nitrogen and oxygen atoms in total. The van der Waals surface area contributed by atoms with E-state index in [4.69, 9.17) is 0 Å². The van der Waals surface area contributed by atoms with Crippen molar-refractivity contribution in [2.24, 2.45) is 0 Å². The molecular formula is C20H16N2O2S2. The zero-order chi connectivity index (χ0) is 18.3. The van der Waals surface area contributed by atoms with Crippen LogP contribution in [0.25, 0.3) is 21.3 Å². The summed E-state index contributed by atoms with van der Waals surface area (Å²) in [4.78, 5) is 32.3. The number of nitrogens with zero attached hydrogens (tertiary/aromatic N) is 2. The Balaban J connectivity index is 1.77. The summed E-state index contributed by atoms with van der Waals surface area (Å²) in [7, 11) is 0. The molecule has 1 aromatic carbocycles. The Hall–Kier alpha value is -2.57. The SMILES string of the molecule is Cc1ccc(-c2csc3ncn(CC(=O)c4ccc(C)s4)c(=O)c23)cc1. The molecule has 0 saturated heterocycles. The first-order valence-corrected chi connectivity index (χ1v) is 9.86. The van der Waals surface area contributed by atoms with Gasteiger partial charge < -0.3 is 0 Å². The van der Waals surface area contributed by atoms with E-state index in [9.17, 15) is 9.59 Å². The lowest BCUT2D eigenvalue weighted by Gasteiger charge is -2.05. The number of Topliss-reactive ketones (excluding diaryl/α,β-unsaturated/α-hetero) is 1. The lowest BCUT2D eigenvalue weighted by atomic mass is 10.1. The number of rotatable bonds is 4. The Bertz CT molecular complexity index is 1170. The molecule has 3 aromatic heterocycles. The van der Waals surface area contributed by atoms with Crippen LogP contribution >= 0.6 is 22.7 Å². The van der Waals surface area contributed by atoms with Gasteiger partial charge in [-0.15, -0.1) is 22.7 Å². The number of ketones is 1. The number of fused-ring (bicyclic) bond motifs is 1. The summed E-state index contributed by atoms with van der Waals surface area (Å²) in [6, 6.07) is 11.8. The fourth-order valence-corrected chi connectivity index (χ4v) is 4.55. The van der Waals surface area contributed by atoms with Gasteiger partial charge in [-0.25, -0.2) is 4.98 Å². The smallest absolute Gasteiger partial charge is 0.263 e. The van der Waals surface area contributed by atoms with Gasteiger partial charge in [-0.1, -0.05) is 29.8 Å². The number of thiophene rings is 2. The van der Waals surface area contributed by atoms with Gasteiger partial charge in [0, 0.05) is 15.8 Å². The second kappa shape index (κ2) is 6.63. The molecule has 0 saturated carbocycles. The van der Waals surface area contributed by atoms with Crippen LogP contribution in [-0.4, -0.2) is 15.3 Å². The first-order chi connectivity index (χ1) is 12.5. The highest BCUT2D eigenvalue weighted by molar-refractivity contribution is 7.17. The van der Waals surface area contributed by atoms with Gasteiger partial charge in [-0.05, 0) is 31.5 Å². The lowest BCUT2D eigenvalue weighted by molar-refractivity contribution is 0.0974. The summed E-state index contributed by atoms with van der Waals surface area (Å²) in [5.74, 6) is -0.0709. The molecule has 0 aliphatic carbocycles. The van der Waals surface area contributed by atoms with Crippen molar-refractivity contribution in [1.82, 2.24) is 9.55 Å². The fourth-order valence-electron chi connectivity index (χ4n) is 2.84. The van der Waals surface area contributed by atoms with Crippen LogP contribution in [0.5, 0.6) is 0 Å². The Labute approximate surface area is 158 Å². The standard InChI is InChI=1S/C20H16N2O2S2/c1-12-3-6-14(7-4-12)15-10-25-19-18(15)20(24)22(11-21-19)9-16(23)17-8-5-13(2)26-17/h3-8,10-11H,9H2,1-2H3. The predicted molar refractivity (Wildman–Crippen MR) is 107 cm³/mol. The van der Waals surface area contributed by atoms with Gasteiger partial charge in [0.2, 0.25) is 0 Å². The molecule has 3 heterocycles. The highest BCUT2D eigenvalue weighted by Gasteiger charge is 2.16. The second-order valence-corrected chi connectivity index (χ2v) is 8.35. The van der Waals surface area contributed by atoms with Crippen LogP contribution < -0.4 is 5.56 Å². The molecule has 0 aliphatic rings. The minimum atomic E-state index is -0.173. The van der Waals surface area contributed by atoms with Gasteiger partial charge in [-0.3, -0.25) is 14.2 Å². The topological polar surface area (TPSA) is 52.0 Å². The summed E-state index contributed by atoms with van der Waals surface area (Å²) in [5, 5.41) is 2.54. The summed E-state index contributed by atoms with van der Waals surface area (Å²) in [6.07, 6.45) is 1.47. The number of hydrogen-bond acceptors (Lipinski definition) is 5. The first kappa shape index (κ1) is 16.9. The van der Waals surface area contributed by atoms with Crippen molar-refractivity contribution in [2.45, 2.75) is 20.4 Å². The monoisotopic (exact) mass is 380 g/mol. The van der Waals surface area contributed by atoms with Gasteiger partial charge in [0.15, 0.2) is 5.78 Å². The lowest BCUT2D eigenvalue weighted by Crippen LogP contribution is -2.24. The largest absolute Gasteiger partial charge is 0.291 e. The molecule has 0 bridgehead atoms. The Kier molecular flexibility index (Phi) is 4.30. The van der Waals surface area contributed by atoms with E-state index in [1.165, 1.54) is 39.1 Å². The van der Waals surface area contributed by atoms with Crippen LogP contribution in [0.4, 0.5) is 0 Å². The van der Waals surface area contributed by atoms with Crippen molar-refractivity contribution < 1.29 is 4.79 Å². The van der Waals surface area contributed by atoms with Crippen LogP contribution in [0.1, 0.15) is 20.1 Å². The van der Waals surface area contributed by atoms with Crippen molar-refractivity contribution in [3.8, 4) is 11.1 Å². The number of hydrogen-bond donors (Lipinski definition) is 0. The normalized spacial score (nSPS) is 11.2. The van der Waals surface area contributed by atoms with Crippen LogP contribution in [0.15, 0.2) is 52.9 Å². The maximum absolute atomic E-state index is 13.0. The van der Waals surface area contributed by atoms with E-state index < -0.39 is 0 Å².